The first-order valence-corrected chi connectivity index (χ1v) is 4.46. The Kier molecular flexibility index (Phi) is 3.23. The van der Waals surface area contributed by atoms with Crippen molar-refractivity contribution in [3.63, 3.8) is 0 Å². The summed E-state index contributed by atoms with van der Waals surface area (Å²) in [6, 6.07) is 4.54. The minimum absolute atomic E-state index is 0.0352. The summed E-state index contributed by atoms with van der Waals surface area (Å²) in [5.74, 6) is -1.10. The molecule has 4 nitrogen and oxygen atoms in total. The predicted octanol–water partition coefficient (Wildman–Crippen LogP) is 1.51. The highest BCUT2D eigenvalue weighted by Crippen LogP contribution is 2.22. The quantitative estimate of drug-likeness (QED) is 0.840. The maximum absolute atomic E-state index is 10.7. The van der Waals surface area contributed by atoms with Crippen LogP contribution in [0.2, 0.25) is 0 Å². The van der Waals surface area contributed by atoms with Gasteiger partial charge in [0.2, 0.25) is 0 Å². The van der Waals surface area contributed by atoms with Crippen LogP contribution in [0, 0.1) is 11.3 Å². The molecule has 0 radical (unpaired) electrons. The summed E-state index contributed by atoms with van der Waals surface area (Å²) in [6.07, 6.45) is 0. The molecular weight excluding hydrogens is 250 g/mol. The number of hydrogen-bond donors (Lipinski definition) is 2. The Hall–Kier alpha value is -1.38. The Balaban J connectivity index is 3.39. The molecule has 0 aliphatic carbocycles. The highest BCUT2D eigenvalue weighted by atomic mass is 79.9. The second-order valence-corrected chi connectivity index (χ2v) is 3.42. The van der Waals surface area contributed by atoms with Crippen molar-refractivity contribution < 1.29 is 15.0 Å². The molecule has 14 heavy (non-hydrogen) atoms. The molecule has 1 aromatic carbocycles. The molecule has 0 spiro atoms. The number of aromatic carboxylic acids is 1. The number of benzene rings is 1. The molecule has 72 valence electrons. The number of hydrogen-bond acceptors (Lipinski definition) is 3. The van der Waals surface area contributed by atoms with E-state index in [9.17, 15) is 4.79 Å². The SMILES string of the molecule is N#Cc1cc(Br)c(C(=O)O)cc1CO. The van der Waals surface area contributed by atoms with Gasteiger partial charge in [0.05, 0.1) is 23.8 Å². The molecule has 5 heteroatoms. The summed E-state index contributed by atoms with van der Waals surface area (Å²) in [5, 5.41) is 26.3. The molecule has 0 saturated heterocycles. The Morgan fingerprint density at radius 1 is 1.57 bits per heavy atom. The average Bonchev–Trinajstić information content (AvgIpc) is 2.16. The normalized spacial score (nSPS) is 9.50. The molecule has 0 amide bonds. The first-order valence-electron chi connectivity index (χ1n) is 3.66. The van der Waals surface area contributed by atoms with Crippen LogP contribution in [0.1, 0.15) is 21.5 Å². The van der Waals surface area contributed by atoms with Crippen molar-refractivity contribution in [3.8, 4) is 6.07 Å². The van der Waals surface area contributed by atoms with Crippen LogP contribution >= 0.6 is 15.9 Å². The van der Waals surface area contributed by atoms with E-state index in [1.807, 2.05) is 6.07 Å². The van der Waals surface area contributed by atoms with Crippen LogP contribution in [0.25, 0.3) is 0 Å². The molecule has 0 heterocycles. The molecule has 0 fully saturated rings. The van der Waals surface area contributed by atoms with Crippen molar-refractivity contribution in [3.05, 3.63) is 33.3 Å². The van der Waals surface area contributed by atoms with Gasteiger partial charge in [0.15, 0.2) is 0 Å². The number of nitriles is 1. The number of rotatable bonds is 2. The Morgan fingerprint density at radius 2 is 2.21 bits per heavy atom. The monoisotopic (exact) mass is 255 g/mol. The largest absolute Gasteiger partial charge is 0.478 e. The summed E-state index contributed by atoms with van der Waals surface area (Å²) in [7, 11) is 0. The number of aliphatic hydroxyl groups excluding tert-OH is 1. The van der Waals surface area contributed by atoms with Gasteiger partial charge < -0.3 is 10.2 Å². The molecule has 0 aliphatic heterocycles. The smallest absolute Gasteiger partial charge is 0.336 e. The molecule has 0 unspecified atom stereocenters. The van der Waals surface area contributed by atoms with Crippen LogP contribution in [0.4, 0.5) is 0 Å². The van der Waals surface area contributed by atoms with Crippen molar-refractivity contribution in [2.24, 2.45) is 0 Å². The highest BCUT2D eigenvalue weighted by molar-refractivity contribution is 9.10. The van der Waals surface area contributed by atoms with Crippen molar-refractivity contribution in [2.75, 3.05) is 0 Å². The van der Waals surface area contributed by atoms with E-state index in [1.165, 1.54) is 12.1 Å². The zero-order chi connectivity index (χ0) is 10.7. The van der Waals surface area contributed by atoms with Crippen LogP contribution in [0.15, 0.2) is 16.6 Å². The minimum Gasteiger partial charge on any atom is -0.478 e. The summed E-state index contributed by atoms with van der Waals surface area (Å²) in [4.78, 5) is 10.7. The predicted molar refractivity (Wildman–Crippen MR) is 51.7 cm³/mol. The summed E-state index contributed by atoms with van der Waals surface area (Å²) in [5.41, 5.74) is 0.616. The van der Waals surface area contributed by atoms with E-state index in [1.54, 1.807) is 0 Å². The third kappa shape index (κ3) is 1.92. The van der Waals surface area contributed by atoms with Gasteiger partial charge in [-0.25, -0.2) is 4.79 Å². The third-order valence-electron chi connectivity index (χ3n) is 1.71. The second kappa shape index (κ2) is 4.22. The lowest BCUT2D eigenvalue weighted by Gasteiger charge is -2.04. The van der Waals surface area contributed by atoms with E-state index in [2.05, 4.69) is 15.9 Å². The summed E-state index contributed by atoms with van der Waals surface area (Å²) < 4.78 is 0.332. The van der Waals surface area contributed by atoms with Gasteiger partial charge in [-0.15, -0.1) is 0 Å². The van der Waals surface area contributed by atoms with Crippen LogP contribution in [0.3, 0.4) is 0 Å². The van der Waals surface area contributed by atoms with E-state index in [0.29, 0.717) is 10.0 Å². The van der Waals surface area contributed by atoms with Gasteiger partial charge in [0.1, 0.15) is 0 Å². The van der Waals surface area contributed by atoms with Crippen molar-refractivity contribution in [1.82, 2.24) is 0 Å². The number of aliphatic hydroxyl groups is 1. The van der Waals surface area contributed by atoms with Crippen LogP contribution in [0.5, 0.6) is 0 Å². The van der Waals surface area contributed by atoms with Gasteiger partial charge in [-0.05, 0) is 33.6 Å². The number of halogens is 1. The van der Waals surface area contributed by atoms with Crippen molar-refractivity contribution in [2.45, 2.75) is 6.61 Å². The number of nitrogens with zero attached hydrogens (tertiary/aromatic N) is 1. The van der Waals surface area contributed by atoms with Gasteiger partial charge in [0, 0.05) is 4.47 Å². The number of carboxylic acids is 1. The van der Waals surface area contributed by atoms with Gasteiger partial charge in [-0.1, -0.05) is 0 Å². The molecule has 2 N–H and O–H groups in total. The molecule has 1 rings (SSSR count). The average molecular weight is 256 g/mol. The van der Waals surface area contributed by atoms with E-state index in [-0.39, 0.29) is 17.7 Å². The summed E-state index contributed by atoms with van der Waals surface area (Å²) >= 11 is 3.04. The molecule has 0 aliphatic rings. The first kappa shape index (κ1) is 10.7. The van der Waals surface area contributed by atoms with Crippen molar-refractivity contribution in [1.29, 1.82) is 5.26 Å². The van der Waals surface area contributed by atoms with Gasteiger partial charge in [-0.3, -0.25) is 0 Å². The summed E-state index contributed by atoms with van der Waals surface area (Å²) in [6.45, 7) is -0.351. The molecule has 0 bridgehead atoms. The van der Waals surface area contributed by atoms with Crippen LogP contribution < -0.4 is 0 Å². The van der Waals surface area contributed by atoms with Gasteiger partial charge >= 0.3 is 5.97 Å². The Labute approximate surface area is 88.5 Å². The van der Waals surface area contributed by atoms with E-state index < -0.39 is 5.97 Å². The molecule has 0 saturated carbocycles. The lowest BCUT2D eigenvalue weighted by molar-refractivity contribution is 0.0695. The Bertz CT molecular complexity index is 423. The fraction of sp³-hybridized carbons (Fsp3) is 0.111. The maximum Gasteiger partial charge on any atom is 0.336 e. The van der Waals surface area contributed by atoms with Gasteiger partial charge in [-0.2, -0.15) is 5.26 Å². The van der Waals surface area contributed by atoms with E-state index >= 15 is 0 Å². The standard InChI is InChI=1S/C9H6BrNO3/c10-8-2-5(3-11)6(4-12)1-7(8)9(13)14/h1-2,12H,4H2,(H,13,14). The maximum atomic E-state index is 10.7. The zero-order valence-electron chi connectivity index (χ0n) is 6.99. The fourth-order valence-corrected chi connectivity index (χ4v) is 1.53. The zero-order valence-corrected chi connectivity index (χ0v) is 8.58. The fourth-order valence-electron chi connectivity index (χ4n) is 1.02. The lowest BCUT2D eigenvalue weighted by atomic mass is 10.1. The lowest BCUT2D eigenvalue weighted by Crippen LogP contribution is -2.01. The molecular formula is C9H6BrNO3. The van der Waals surface area contributed by atoms with Crippen LogP contribution in [-0.2, 0) is 6.61 Å². The highest BCUT2D eigenvalue weighted by Gasteiger charge is 2.12. The van der Waals surface area contributed by atoms with Crippen LogP contribution in [-0.4, -0.2) is 16.2 Å². The minimum atomic E-state index is -1.10. The topological polar surface area (TPSA) is 81.3 Å². The Morgan fingerprint density at radius 3 is 2.64 bits per heavy atom. The first-order chi connectivity index (χ1) is 6.60. The van der Waals surface area contributed by atoms with E-state index in [0.717, 1.165) is 0 Å². The molecule has 0 atom stereocenters. The van der Waals surface area contributed by atoms with E-state index in [4.69, 9.17) is 15.5 Å². The van der Waals surface area contributed by atoms with Gasteiger partial charge in [0.25, 0.3) is 0 Å². The second-order valence-electron chi connectivity index (χ2n) is 2.56. The van der Waals surface area contributed by atoms with Crippen molar-refractivity contribution >= 4 is 21.9 Å². The number of carbonyl (C=O) groups is 1. The number of carboxylic acid groups (broad SMARTS) is 1. The molecule has 1 aromatic rings. The molecule has 0 aromatic heterocycles. The third-order valence-corrected chi connectivity index (χ3v) is 2.37.